The van der Waals surface area contributed by atoms with Gasteiger partial charge in [0.2, 0.25) is 0 Å². The van der Waals surface area contributed by atoms with Crippen molar-refractivity contribution in [3.05, 3.63) is 0 Å². The second-order valence-electron chi connectivity index (χ2n) is 6.87. The van der Waals surface area contributed by atoms with E-state index in [9.17, 15) is 9.90 Å². The van der Waals surface area contributed by atoms with Gasteiger partial charge in [-0.3, -0.25) is 0 Å². The number of ether oxygens (including phenoxy) is 2. The van der Waals surface area contributed by atoms with Gasteiger partial charge >= 0.3 is 0 Å². The van der Waals surface area contributed by atoms with Crippen LogP contribution in [-0.4, -0.2) is 37.0 Å². The van der Waals surface area contributed by atoms with Crippen LogP contribution in [0, 0.1) is 22.7 Å². The normalized spacial score (nSPS) is 47.7. The minimum absolute atomic E-state index is 0.00810. The van der Waals surface area contributed by atoms with E-state index in [-0.39, 0.29) is 17.9 Å². The number of carbonyl (C=O) groups excluding carboxylic acids is 1. The molecule has 0 amide bonds. The monoisotopic (exact) mass is 268 g/mol. The van der Waals surface area contributed by atoms with Crippen LogP contribution in [0.25, 0.3) is 0 Å². The van der Waals surface area contributed by atoms with E-state index in [1.807, 2.05) is 6.92 Å². The van der Waals surface area contributed by atoms with Crippen LogP contribution in [0.3, 0.4) is 0 Å². The molecule has 0 aromatic heterocycles. The number of aldehydes is 1. The lowest BCUT2D eigenvalue weighted by molar-refractivity contribution is -0.212. The Kier molecular flexibility index (Phi) is 3.04. The Morgan fingerprint density at radius 2 is 2.00 bits per heavy atom. The molecular formula is C15H24O4. The molecule has 0 radical (unpaired) electrons. The smallest absolute Gasteiger partial charge is 0.172 e. The number of aliphatic hydroxyl groups excluding tert-OH is 1. The minimum atomic E-state index is -0.574. The maximum Gasteiger partial charge on any atom is 0.172 e. The lowest BCUT2D eigenvalue weighted by Crippen LogP contribution is -2.48. The molecule has 108 valence electrons. The Hall–Kier alpha value is -0.450. The molecule has 1 N–H and O–H groups in total. The van der Waals surface area contributed by atoms with Crippen molar-refractivity contribution >= 4 is 6.29 Å². The fraction of sp³-hybridized carbons (Fsp3) is 0.933. The zero-order chi connectivity index (χ0) is 13.7. The van der Waals surface area contributed by atoms with E-state index in [2.05, 4.69) is 6.92 Å². The lowest BCUT2D eigenvalue weighted by atomic mass is 9.68. The molecule has 3 rings (SSSR count). The number of hydrogen-bond acceptors (Lipinski definition) is 4. The van der Waals surface area contributed by atoms with Crippen LogP contribution in [0.2, 0.25) is 0 Å². The second kappa shape index (κ2) is 4.27. The summed E-state index contributed by atoms with van der Waals surface area (Å²) >= 11 is 0. The van der Waals surface area contributed by atoms with Crippen LogP contribution in [0.5, 0.6) is 0 Å². The molecule has 4 atom stereocenters. The Labute approximate surface area is 114 Å². The molecule has 3 fully saturated rings. The van der Waals surface area contributed by atoms with Crippen molar-refractivity contribution in [3.63, 3.8) is 0 Å². The number of rotatable bonds is 3. The van der Waals surface area contributed by atoms with Gasteiger partial charge in [-0.25, -0.2) is 0 Å². The summed E-state index contributed by atoms with van der Waals surface area (Å²) in [6, 6.07) is 0. The van der Waals surface area contributed by atoms with Crippen molar-refractivity contribution in [1.29, 1.82) is 0 Å². The van der Waals surface area contributed by atoms with Crippen molar-refractivity contribution < 1.29 is 19.4 Å². The number of carbonyl (C=O) groups is 1. The maximum absolute atomic E-state index is 11.8. The van der Waals surface area contributed by atoms with Gasteiger partial charge in [0.1, 0.15) is 6.29 Å². The fourth-order valence-corrected chi connectivity index (χ4v) is 5.21. The van der Waals surface area contributed by atoms with Gasteiger partial charge in [0.05, 0.1) is 13.2 Å². The van der Waals surface area contributed by atoms with E-state index in [0.29, 0.717) is 19.1 Å². The van der Waals surface area contributed by atoms with Gasteiger partial charge in [0.15, 0.2) is 5.79 Å². The van der Waals surface area contributed by atoms with Crippen LogP contribution in [0.1, 0.15) is 39.5 Å². The highest BCUT2D eigenvalue weighted by Gasteiger charge is 2.70. The molecule has 1 spiro atoms. The molecule has 19 heavy (non-hydrogen) atoms. The highest BCUT2D eigenvalue weighted by Crippen LogP contribution is 2.69. The van der Waals surface area contributed by atoms with Gasteiger partial charge in [-0.1, -0.05) is 13.8 Å². The van der Waals surface area contributed by atoms with Crippen molar-refractivity contribution in [1.82, 2.24) is 0 Å². The molecule has 0 unspecified atom stereocenters. The average molecular weight is 268 g/mol. The fourth-order valence-electron chi connectivity index (χ4n) is 5.21. The van der Waals surface area contributed by atoms with E-state index in [1.54, 1.807) is 0 Å². The summed E-state index contributed by atoms with van der Waals surface area (Å²) in [5.74, 6) is -0.184. The predicted octanol–water partition coefficient (Wildman–Crippen LogP) is 1.75. The summed E-state index contributed by atoms with van der Waals surface area (Å²) in [6.07, 6.45) is 4.70. The Bertz CT molecular complexity index is 376. The Morgan fingerprint density at radius 1 is 1.32 bits per heavy atom. The highest BCUT2D eigenvalue weighted by molar-refractivity contribution is 5.62. The summed E-state index contributed by atoms with van der Waals surface area (Å²) < 4.78 is 11.9. The third-order valence-electron chi connectivity index (χ3n) is 6.06. The zero-order valence-corrected chi connectivity index (χ0v) is 11.9. The summed E-state index contributed by atoms with van der Waals surface area (Å²) in [7, 11) is 0. The van der Waals surface area contributed by atoms with Crippen molar-refractivity contribution in [2.24, 2.45) is 22.7 Å². The minimum Gasteiger partial charge on any atom is -0.396 e. The molecule has 1 aliphatic heterocycles. The van der Waals surface area contributed by atoms with E-state index in [0.717, 1.165) is 32.0 Å². The molecule has 3 aliphatic rings. The quantitative estimate of drug-likeness (QED) is 0.792. The Morgan fingerprint density at radius 3 is 2.58 bits per heavy atom. The molecule has 0 bridgehead atoms. The number of fused-ring (bicyclic) bond motifs is 2. The Balaban J connectivity index is 2.05. The molecule has 0 aromatic carbocycles. The predicted molar refractivity (Wildman–Crippen MR) is 69.4 cm³/mol. The number of aliphatic hydroxyl groups is 1. The second-order valence-corrected chi connectivity index (χ2v) is 6.87. The zero-order valence-electron chi connectivity index (χ0n) is 11.9. The van der Waals surface area contributed by atoms with Gasteiger partial charge in [0.25, 0.3) is 0 Å². The van der Waals surface area contributed by atoms with Crippen LogP contribution in [0.15, 0.2) is 0 Å². The van der Waals surface area contributed by atoms with Gasteiger partial charge in [-0.05, 0) is 30.6 Å². The highest BCUT2D eigenvalue weighted by atomic mass is 16.7. The van der Waals surface area contributed by atoms with E-state index in [4.69, 9.17) is 9.47 Å². The van der Waals surface area contributed by atoms with E-state index in [1.165, 1.54) is 0 Å². The molecule has 2 aliphatic carbocycles. The van der Waals surface area contributed by atoms with Gasteiger partial charge < -0.3 is 19.4 Å². The first-order valence-corrected chi connectivity index (χ1v) is 7.38. The van der Waals surface area contributed by atoms with Gasteiger partial charge in [0, 0.05) is 24.4 Å². The first-order valence-electron chi connectivity index (χ1n) is 7.38. The molecule has 1 saturated heterocycles. The summed E-state index contributed by atoms with van der Waals surface area (Å²) in [5.41, 5.74) is -0.399. The molecule has 1 heterocycles. The van der Waals surface area contributed by atoms with Crippen molar-refractivity contribution in [2.45, 2.75) is 45.3 Å². The van der Waals surface area contributed by atoms with Crippen molar-refractivity contribution in [3.8, 4) is 0 Å². The summed E-state index contributed by atoms with van der Waals surface area (Å²) in [4.78, 5) is 11.8. The van der Waals surface area contributed by atoms with Gasteiger partial charge in [-0.15, -0.1) is 0 Å². The largest absolute Gasteiger partial charge is 0.396 e. The first-order chi connectivity index (χ1) is 9.03. The standard InChI is InChI=1S/C15H24O4/c1-11-9-14(5-6-16)3-4-15(18-7-8-19-15)12(14)13(11,2)10-17/h10-12,16H,3-9H2,1-2H3/t11-,12+,13-,14+/m1/s1. The lowest BCUT2D eigenvalue weighted by Gasteiger charge is -2.41. The van der Waals surface area contributed by atoms with Crippen molar-refractivity contribution in [2.75, 3.05) is 19.8 Å². The maximum atomic E-state index is 11.8. The van der Waals surface area contributed by atoms with E-state index < -0.39 is 11.2 Å². The molecule has 2 saturated carbocycles. The third-order valence-corrected chi connectivity index (χ3v) is 6.06. The molecule has 4 nitrogen and oxygen atoms in total. The van der Waals surface area contributed by atoms with Crippen LogP contribution in [0.4, 0.5) is 0 Å². The van der Waals surface area contributed by atoms with Gasteiger partial charge in [-0.2, -0.15) is 0 Å². The van der Waals surface area contributed by atoms with E-state index >= 15 is 0 Å². The first kappa shape index (κ1) is 13.5. The van der Waals surface area contributed by atoms with Crippen LogP contribution < -0.4 is 0 Å². The topological polar surface area (TPSA) is 55.8 Å². The van der Waals surface area contributed by atoms with Crippen LogP contribution >= 0.6 is 0 Å². The summed E-state index contributed by atoms with van der Waals surface area (Å²) in [6.45, 7) is 5.61. The molecular weight excluding hydrogens is 244 g/mol. The SMILES string of the molecule is C[C@@H]1C[C@@]2(CCO)CCC3(OCCO3)[C@H]2[C@]1(C)C=O. The number of hydrogen-bond donors (Lipinski definition) is 1. The third kappa shape index (κ3) is 1.60. The molecule has 4 heteroatoms. The van der Waals surface area contributed by atoms with Crippen LogP contribution in [-0.2, 0) is 14.3 Å². The summed E-state index contributed by atoms with van der Waals surface area (Å²) in [5, 5.41) is 9.46. The average Bonchev–Trinajstić information content (AvgIpc) is 3.02. The molecule has 0 aromatic rings.